The summed E-state index contributed by atoms with van der Waals surface area (Å²) in [5.41, 5.74) is 1.78. The van der Waals surface area contributed by atoms with E-state index in [-0.39, 0.29) is 0 Å². The molecule has 2 heteroatoms. The van der Waals surface area contributed by atoms with Crippen molar-refractivity contribution in [3.8, 4) is 5.75 Å². The summed E-state index contributed by atoms with van der Waals surface area (Å²) >= 11 is 0. The van der Waals surface area contributed by atoms with Gasteiger partial charge in [0.2, 0.25) is 0 Å². The summed E-state index contributed by atoms with van der Waals surface area (Å²) in [5, 5.41) is 0. The smallest absolute Gasteiger partial charge is 0.153 e. The van der Waals surface area contributed by atoms with E-state index >= 15 is 0 Å². The van der Waals surface area contributed by atoms with Crippen LogP contribution in [-0.4, -0.2) is 12.9 Å². The summed E-state index contributed by atoms with van der Waals surface area (Å²) in [5.74, 6) is 3.29. The quantitative estimate of drug-likeness (QED) is 0.756. The normalized spacial score (nSPS) is 29.5. The van der Waals surface area contributed by atoms with Crippen molar-refractivity contribution < 1.29 is 9.53 Å². The fraction of sp³-hybridized carbons (Fsp3) is 0.562. The van der Waals surface area contributed by atoms with Crippen molar-refractivity contribution in [1.82, 2.24) is 0 Å². The van der Waals surface area contributed by atoms with Crippen LogP contribution in [0, 0.1) is 24.7 Å². The predicted molar refractivity (Wildman–Crippen MR) is 71.0 cm³/mol. The van der Waals surface area contributed by atoms with Gasteiger partial charge < -0.3 is 4.74 Å². The van der Waals surface area contributed by atoms with Crippen molar-refractivity contribution in [2.24, 2.45) is 17.8 Å². The molecule has 0 aliphatic heterocycles. The fourth-order valence-corrected chi connectivity index (χ4v) is 3.67. The second kappa shape index (κ2) is 4.75. The molecule has 0 saturated heterocycles. The minimum absolute atomic E-state index is 0.679. The van der Waals surface area contributed by atoms with Gasteiger partial charge in [0.25, 0.3) is 0 Å². The summed E-state index contributed by atoms with van der Waals surface area (Å²) in [6.45, 7) is 2.78. The predicted octanol–water partition coefficient (Wildman–Crippen LogP) is 3.62. The Hall–Kier alpha value is -1.31. The number of carbonyl (C=O) groups excluding carboxylic acids is 1. The Bertz CT molecular complexity index is 452. The van der Waals surface area contributed by atoms with Gasteiger partial charge >= 0.3 is 0 Å². The Morgan fingerprint density at radius 1 is 1.33 bits per heavy atom. The van der Waals surface area contributed by atoms with E-state index < -0.39 is 0 Å². The molecule has 0 radical (unpaired) electrons. The molecule has 2 bridgehead atoms. The molecule has 3 unspecified atom stereocenters. The van der Waals surface area contributed by atoms with Crippen molar-refractivity contribution >= 4 is 6.29 Å². The summed E-state index contributed by atoms with van der Waals surface area (Å²) in [7, 11) is 0. The number of hydrogen-bond donors (Lipinski definition) is 0. The Balaban J connectivity index is 1.65. The number of fused-ring (bicyclic) bond motifs is 2. The number of carbonyl (C=O) groups is 1. The Labute approximate surface area is 108 Å². The fourth-order valence-electron chi connectivity index (χ4n) is 3.67. The van der Waals surface area contributed by atoms with Crippen LogP contribution < -0.4 is 4.74 Å². The Morgan fingerprint density at radius 2 is 2.22 bits per heavy atom. The van der Waals surface area contributed by atoms with Crippen LogP contribution in [0.4, 0.5) is 0 Å². The molecule has 1 aromatic carbocycles. The first-order valence-corrected chi connectivity index (χ1v) is 6.95. The van der Waals surface area contributed by atoms with Crippen LogP contribution in [0.15, 0.2) is 18.2 Å². The maximum atomic E-state index is 11.0. The lowest BCUT2D eigenvalue weighted by atomic mass is 9.89. The summed E-state index contributed by atoms with van der Waals surface area (Å²) < 4.78 is 5.89. The molecule has 96 valence electrons. The van der Waals surface area contributed by atoms with Gasteiger partial charge in [-0.25, -0.2) is 0 Å². The van der Waals surface area contributed by atoms with E-state index in [0.29, 0.717) is 11.5 Å². The molecule has 0 spiro atoms. The molecule has 3 rings (SSSR count). The summed E-state index contributed by atoms with van der Waals surface area (Å²) in [4.78, 5) is 11.0. The molecule has 2 fully saturated rings. The number of ether oxygens (including phenoxy) is 1. The van der Waals surface area contributed by atoms with Gasteiger partial charge in [-0.15, -0.1) is 0 Å². The van der Waals surface area contributed by atoms with E-state index in [1.807, 2.05) is 25.1 Å². The monoisotopic (exact) mass is 244 g/mol. The van der Waals surface area contributed by atoms with Crippen molar-refractivity contribution in [2.75, 3.05) is 6.61 Å². The highest BCUT2D eigenvalue weighted by Gasteiger charge is 2.39. The van der Waals surface area contributed by atoms with Crippen LogP contribution in [0.3, 0.4) is 0 Å². The number of benzene rings is 1. The van der Waals surface area contributed by atoms with E-state index in [4.69, 9.17) is 4.74 Å². The number of aldehydes is 1. The van der Waals surface area contributed by atoms with E-state index in [0.717, 1.165) is 36.0 Å². The highest BCUT2D eigenvalue weighted by atomic mass is 16.5. The van der Waals surface area contributed by atoms with Crippen LogP contribution in [-0.2, 0) is 0 Å². The second-order valence-corrected chi connectivity index (χ2v) is 5.91. The maximum Gasteiger partial charge on any atom is 0.153 e. The average Bonchev–Trinajstić information content (AvgIpc) is 2.99. The van der Waals surface area contributed by atoms with Gasteiger partial charge in [-0.2, -0.15) is 0 Å². The van der Waals surface area contributed by atoms with Crippen molar-refractivity contribution in [2.45, 2.75) is 32.6 Å². The molecule has 0 amide bonds. The molecule has 0 heterocycles. The molecule has 2 aliphatic rings. The zero-order valence-corrected chi connectivity index (χ0v) is 10.9. The molecule has 2 saturated carbocycles. The Morgan fingerprint density at radius 3 is 2.89 bits per heavy atom. The summed E-state index contributed by atoms with van der Waals surface area (Å²) in [6.07, 6.45) is 6.43. The molecule has 0 N–H and O–H groups in total. The van der Waals surface area contributed by atoms with Crippen molar-refractivity contribution in [3.05, 3.63) is 29.3 Å². The van der Waals surface area contributed by atoms with Gasteiger partial charge in [0.15, 0.2) is 6.29 Å². The van der Waals surface area contributed by atoms with Gasteiger partial charge in [0.05, 0.1) is 12.2 Å². The number of aryl methyl sites for hydroxylation is 1. The van der Waals surface area contributed by atoms with Gasteiger partial charge in [0.1, 0.15) is 5.75 Å². The molecule has 2 nitrogen and oxygen atoms in total. The minimum atomic E-state index is 0.679. The van der Waals surface area contributed by atoms with Gasteiger partial charge in [-0.1, -0.05) is 18.1 Å². The van der Waals surface area contributed by atoms with Crippen molar-refractivity contribution in [1.29, 1.82) is 0 Å². The number of hydrogen-bond acceptors (Lipinski definition) is 2. The molecule has 3 atom stereocenters. The molecular formula is C16H20O2. The average molecular weight is 244 g/mol. The maximum absolute atomic E-state index is 11.0. The van der Waals surface area contributed by atoms with E-state index in [1.165, 1.54) is 25.7 Å². The first-order chi connectivity index (χ1) is 8.76. The lowest BCUT2D eigenvalue weighted by molar-refractivity contribution is 0.111. The summed E-state index contributed by atoms with van der Waals surface area (Å²) in [6, 6.07) is 5.82. The Kier molecular flexibility index (Phi) is 3.11. The molecule has 0 aromatic heterocycles. The third-order valence-corrected chi connectivity index (χ3v) is 4.63. The van der Waals surface area contributed by atoms with Crippen molar-refractivity contribution in [3.63, 3.8) is 0 Å². The highest BCUT2D eigenvalue weighted by Crippen LogP contribution is 2.48. The van der Waals surface area contributed by atoms with E-state index in [9.17, 15) is 4.79 Å². The zero-order chi connectivity index (χ0) is 12.5. The first-order valence-electron chi connectivity index (χ1n) is 6.95. The third kappa shape index (κ3) is 2.16. The van der Waals surface area contributed by atoms with Crippen LogP contribution in [0.2, 0.25) is 0 Å². The van der Waals surface area contributed by atoms with Crippen LogP contribution in [0.5, 0.6) is 5.75 Å². The standard InChI is InChI=1S/C16H20O2/c1-11-2-5-16(14(6-11)9-17)18-10-15-8-12-3-4-13(15)7-12/h2,5-6,9,12-13,15H,3-4,7-8,10H2,1H3. The first kappa shape index (κ1) is 11.8. The SMILES string of the molecule is Cc1ccc(OCC2CC3CCC2C3)c(C=O)c1. The van der Waals surface area contributed by atoms with E-state index in [1.54, 1.807) is 0 Å². The van der Waals surface area contributed by atoms with Gasteiger partial charge in [0, 0.05) is 0 Å². The lowest BCUT2D eigenvalue weighted by Gasteiger charge is -2.22. The molecular weight excluding hydrogens is 224 g/mol. The lowest BCUT2D eigenvalue weighted by Crippen LogP contribution is -2.18. The van der Waals surface area contributed by atoms with Gasteiger partial charge in [-0.3, -0.25) is 4.79 Å². The third-order valence-electron chi connectivity index (χ3n) is 4.63. The molecule has 18 heavy (non-hydrogen) atoms. The van der Waals surface area contributed by atoms with Crippen LogP contribution in [0.25, 0.3) is 0 Å². The van der Waals surface area contributed by atoms with Gasteiger partial charge in [-0.05, 0) is 56.1 Å². The molecule has 2 aliphatic carbocycles. The minimum Gasteiger partial charge on any atom is -0.493 e. The number of rotatable bonds is 4. The highest BCUT2D eigenvalue weighted by molar-refractivity contribution is 5.79. The largest absolute Gasteiger partial charge is 0.493 e. The van der Waals surface area contributed by atoms with E-state index in [2.05, 4.69) is 0 Å². The van der Waals surface area contributed by atoms with Crippen LogP contribution >= 0.6 is 0 Å². The zero-order valence-electron chi connectivity index (χ0n) is 10.9. The second-order valence-electron chi connectivity index (χ2n) is 5.91. The molecule has 1 aromatic rings. The van der Waals surface area contributed by atoms with Crippen LogP contribution in [0.1, 0.15) is 41.6 Å². The topological polar surface area (TPSA) is 26.3 Å².